The van der Waals surface area contributed by atoms with Gasteiger partial charge in [-0.3, -0.25) is 4.40 Å². The Labute approximate surface area is 96.3 Å². The van der Waals surface area contributed by atoms with Gasteiger partial charge in [-0.15, -0.1) is 11.3 Å². The van der Waals surface area contributed by atoms with Gasteiger partial charge in [0, 0.05) is 22.3 Å². The average molecular weight is 230 g/mol. The first-order valence-corrected chi connectivity index (χ1v) is 6.26. The average Bonchev–Trinajstić information content (AvgIpc) is 2.98. The zero-order chi connectivity index (χ0) is 10.5. The van der Waals surface area contributed by atoms with Crippen molar-refractivity contribution in [3.63, 3.8) is 0 Å². The molecule has 0 saturated heterocycles. The number of furan rings is 1. The molecule has 3 nitrogen and oxygen atoms in total. The number of imidazole rings is 1. The minimum atomic E-state index is 1.01. The topological polar surface area (TPSA) is 30.4 Å². The number of thiazole rings is 1. The Bertz CT molecular complexity index is 648. The fourth-order valence-corrected chi connectivity index (χ4v) is 3.54. The summed E-state index contributed by atoms with van der Waals surface area (Å²) in [7, 11) is 0. The highest BCUT2D eigenvalue weighted by Gasteiger charge is 2.19. The van der Waals surface area contributed by atoms with E-state index in [1.807, 2.05) is 17.4 Å². The molecule has 0 spiro atoms. The molecule has 0 radical (unpaired) electrons. The Kier molecular flexibility index (Phi) is 1.60. The van der Waals surface area contributed by atoms with Crippen LogP contribution in [-0.2, 0) is 12.8 Å². The van der Waals surface area contributed by atoms with Gasteiger partial charge in [-0.05, 0) is 25.3 Å². The van der Waals surface area contributed by atoms with E-state index < -0.39 is 0 Å². The molecule has 4 rings (SSSR count). The van der Waals surface area contributed by atoms with E-state index in [4.69, 9.17) is 4.42 Å². The molecule has 80 valence electrons. The lowest BCUT2D eigenvalue weighted by atomic mass is 10.3. The maximum Gasteiger partial charge on any atom is 0.194 e. The van der Waals surface area contributed by atoms with Crippen molar-refractivity contribution in [1.29, 1.82) is 0 Å². The molecule has 0 amide bonds. The standard InChI is InChI=1S/C12H10N2OS/c1-2-10-11(3-1)16-12-13-9(6-14(10)12)8-4-5-15-7-8/h4-7H,1-3H2. The number of hydrogen-bond donors (Lipinski definition) is 0. The molecule has 0 fully saturated rings. The molecule has 3 heterocycles. The summed E-state index contributed by atoms with van der Waals surface area (Å²) in [4.78, 5) is 7.27. The number of rotatable bonds is 1. The number of aromatic nitrogens is 2. The Morgan fingerprint density at radius 3 is 3.25 bits per heavy atom. The molecule has 0 aromatic carbocycles. The van der Waals surface area contributed by atoms with Crippen LogP contribution < -0.4 is 0 Å². The van der Waals surface area contributed by atoms with Crippen molar-refractivity contribution in [2.75, 3.05) is 0 Å². The van der Waals surface area contributed by atoms with Crippen LogP contribution in [-0.4, -0.2) is 9.38 Å². The molecule has 0 N–H and O–H groups in total. The summed E-state index contributed by atoms with van der Waals surface area (Å²) in [6.45, 7) is 0. The van der Waals surface area contributed by atoms with Crippen molar-refractivity contribution in [3.05, 3.63) is 35.4 Å². The minimum absolute atomic E-state index is 1.01. The molecule has 1 aliphatic rings. The Morgan fingerprint density at radius 2 is 2.38 bits per heavy atom. The van der Waals surface area contributed by atoms with Gasteiger partial charge in [-0.25, -0.2) is 4.98 Å². The summed E-state index contributed by atoms with van der Waals surface area (Å²) >= 11 is 1.83. The Balaban J connectivity index is 1.95. The van der Waals surface area contributed by atoms with Gasteiger partial charge in [0.1, 0.15) is 0 Å². The van der Waals surface area contributed by atoms with Gasteiger partial charge in [0.05, 0.1) is 18.2 Å². The zero-order valence-electron chi connectivity index (χ0n) is 8.64. The van der Waals surface area contributed by atoms with Crippen LogP contribution in [0.25, 0.3) is 16.2 Å². The second-order valence-electron chi connectivity index (χ2n) is 4.12. The van der Waals surface area contributed by atoms with E-state index in [0.717, 1.165) is 16.2 Å². The predicted molar refractivity (Wildman–Crippen MR) is 62.8 cm³/mol. The second-order valence-corrected chi connectivity index (χ2v) is 5.18. The minimum Gasteiger partial charge on any atom is -0.472 e. The SMILES string of the molecule is c1cc(-c2cn3c4c(sc3n2)CCC4)co1. The van der Waals surface area contributed by atoms with E-state index >= 15 is 0 Å². The van der Waals surface area contributed by atoms with Gasteiger partial charge < -0.3 is 4.42 Å². The molecule has 0 bridgehead atoms. The fourth-order valence-electron chi connectivity index (χ4n) is 2.35. The molecule has 0 unspecified atom stereocenters. The molecule has 4 heteroatoms. The van der Waals surface area contributed by atoms with Gasteiger partial charge in [-0.1, -0.05) is 0 Å². The van der Waals surface area contributed by atoms with E-state index in [1.54, 1.807) is 12.5 Å². The third-order valence-corrected chi connectivity index (χ3v) is 4.29. The summed E-state index contributed by atoms with van der Waals surface area (Å²) in [6.07, 6.45) is 9.26. The van der Waals surface area contributed by atoms with Gasteiger partial charge in [-0.2, -0.15) is 0 Å². The first kappa shape index (κ1) is 8.58. The summed E-state index contributed by atoms with van der Waals surface area (Å²) in [5, 5.41) is 0. The van der Waals surface area contributed by atoms with Crippen molar-refractivity contribution in [1.82, 2.24) is 9.38 Å². The summed E-state index contributed by atoms with van der Waals surface area (Å²) in [6, 6.07) is 1.95. The molecule has 1 aliphatic carbocycles. The van der Waals surface area contributed by atoms with E-state index in [0.29, 0.717) is 0 Å². The van der Waals surface area contributed by atoms with Crippen molar-refractivity contribution in [2.45, 2.75) is 19.3 Å². The lowest BCUT2D eigenvalue weighted by Crippen LogP contribution is -1.84. The van der Waals surface area contributed by atoms with Crippen LogP contribution in [0.2, 0.25) is 0 Å². The van der Waals surface area contributed by atoms with Crippen molar-refractivity contribution in [3.8, 4) is 11.3 Å². The fraction of sp³-hybridized carbons (Fsp3) is 0.250. The predicted octanol–water partition coefficient (Wildman–Crippen LogP) is 3.14. The number of fused-ring (bicyclic) bond motifs is 3. The normalized spacial score (nSPS) is 14.8. The van der Waals surface area contributed by atoms with Crippen LogP contribution in [0.15, 0.2) is 29.2 Å². The van der Waals surface area contributed by atoms with Crippen molar-refractivity contribution < 1.29 is 4.42 Å². The van der Waals surface area contributed by atoms with Crippen LogP contribution >= 0.6 is 11.3 Å². The van der Waals surface area contributed by atoms with Gasteiger partial charge in [0.25, 0.3) is 0 Å². The van der Waals surface area contributed by atoms with Crippen LogP contribution in [0, 0.1) is 0 Å². The van der Waals surface area contributed by atoms with E-state index in [2.05, 4.69) is 15.6 Å². The summed E-state index contributed by atoms with van der Waals surface area (Å²) in [5.74, 6) is 0. The molecular weight excluding hydrogens is 220 g/mol. The monoisotopic (exact) mass is 230 g/mol. The van der Waals surface area contributed by atoms with Crippen molar-refractivity contribution in [2.24, 2.45) is 0 Å². The van der Waals surface area contributed by atoms with E-state index in [-0.39, 0.29) is 0 Å². The second kappa shape index (κ2) is 2.98. The lowest BCUT2D eigenvalue weighted by Gasteiger charge is -1.90. The lowest BCUT2D eigenvalue weighted by molar-refractivity contribution is 0.568. The molecular formula is C12H10N2OS. The highest BCUT2D eigenvalue weighted by Crippen LogP contribution is 2.32. The highest BCUT2D eigenvalue weighted by atomic mass is 32.1. The molecule has 0 aliphatic heterocycles. The zero-order valence-corrected chi connectivity index (χ0v) is 9.46. The van der Waals surface area contributed by atoms with Crippen LogP contribution in [0.1, 0.15) is 17.0 Å². The van der Waals surface area contributed by atoms with Gasteiger partial charge >= 0.3 is 0 Å². The summed E-state index contributed by atoms with van der Waals surface area (Å²) in [5.41, 5.74) is 3.53. The van der Waals surface area contributed by atoms with Crippen molar-refractivity contribution >= 4 is 16.3 Å². The molecule has 16 heavy (non-hydrogen) atoms. The van der Waals surface area contributed by atoms with E-state index in [9.17, 15) is 0 Å². The maximum atomic E-state index is 5.09. The summed E-state index contributed by atoms with van der Waals surface area (Å²) < 4.78 is 7.33. The van der Waals surface area contributed by atoms with Crippen LogP contribution in [0.5, 0.6) is 0 Å². The first-order chi connectivity index (χ1) is 7.92. The van der Waals surface area contributed by atoms with Gasteiger partial charge in [0.15, 0.2) is 4.96 Å². The quantitative estimate of drug-likeness (QED) is 0.643. The van der Waals surface area contributed by atoms with Crippen LogP contribution in [0.3, 0.4) is 0 Å². The third-order valence-electron chi connectivity index (χ3n) is 3.14. The Morgan fingerprint density at radius 1 is 1.38 bits per heavy atom. The number of aryl methyl sites for hydroxylation is 2. The van der Waals surface area contributed by atoms with E-state index in [1.165, 1.54) is 29.8 Å². The highest BCUT2D eigenvalue weighted by molar-refractivity contribution is 7.17. The van der Waals surface area contributed by atoms with Crippen LogP contribution in [0.4, 0.5) is 0 Å². The third kappa shape index (κ3) is 1.05. The largest absolute Gasteiger partial charge is 0.472 e. The number of nitrogens with zero attached hydrogens (tertiary/aromatic N) is 2. The Hall–Kier alpha value is -1.55. The smallest absolute Gasteiger partial charge is 0.194 e. The molecule has 3 aromatic rings. The molecule has 0 atom stereocenters. The maximum absolute atomic E-state index is 5.09. The number of hydrogen-bond acceptors (Lipinski definition) is 3. The molecule has 0 saturated carbocycles. The van der Waals surface area contributed by atoms with Gasteiger partial charge in [0.2, 0.25) is 0 Å². The first-order valence-electron chi connectivity index (χ1n) is 5.44. The molecule has 3 aromatic heterocycles.